The highest BCUT2D eigenvalue weighted by Crippen LogP contribution is 2.20. The molecule has 3 aromatic rings. The molecule has 16 heavy (non-hydrogen) atoms. The van der Waals surface area contributed by atoms with Crippen molar-refractivity contribution in [3.8, 4) is 11.1 Å². The van der Waals surface area contributed by atoms with Gasteiger partial charge in [-0.15, -0.1) is 5.10 Å². The monoisotopic (exact) mass is 230 g/mol. The minimum absolute atomic E-state index is 0.237. The fourth-order valence-corrected chi connectivity index (χ4v) is 1.71. The van der Waals surface area contributed by atoms with Crippen LogP contribution >= 0.6 is 11.6 Å². The topological polar surface area (TPSA) is 43.1 Å². The lowest BCUT2D eigenvalue weighted by Gasteiger charge is -1.93. The molecule has 3 heterocycles. The molecule has 5 heteroatoms. The number of hydrogen-bond donors (Lipinski definition) is 0. The van der Waals surface area contributed by atoms with Crippen LogP contribution in [0, 0.1) is 0 Å². The first kappa shape index (κ1) is 9.30. The zero-order valence-corrected chi connectivity index (χ0v) is 8.96. The van der Waals surface area contributed by atoms with Gasteiger partial charge in [-0.1, -0.05) is 6.07 Å². The van der Waals surface area contributed by atoms with Crippen molar-refractivity contribution in [2.75, 3.05) is 0 Å². The van der Waals surface area contributed by atoms with Gasteiger partial charge in [0.05, 0.1) is 11.7 Å². The molecule has 0 fully saturated rings. The first-order valence-corrected chi connectivity index (χ1v) is 5.12. The average molecular weight is 231 g/mol. The van der Waals surface area contributed by atoms with Gasteiger partial charge in [-0.2, -0.15) is 0 Å². The molecule has 4 nitrogen and oxygen atoms in total. The summed E-state index contributed by atoms with van der Waals surface area (Å²) in [7, 11) is 0. The van der Waals surface area contributed by atoms with E-state index in [9.17, 15) is 0 Å². The molecule has 0 N–H and O–H groups in total. The summed E-state index contributed by atoms with van der Waals surface area (Å²) in [5, 5.41) is 4.31. The van der Waals surface area contributed by atoms with Gasteiger partial charge in [-0.3, -0.25) is 4.98 Å². The zero-order valence-electron chi connectivity index (χ0n) is 8.21. The highest BCUT2D eigenvalue weighted by molar-refractivity contribution is 6.28. The van der Waals surface area contributed by atoms with Crippen LogP contribution in [-0.2, 0) is 0 Å². The smallest absolute Gasteiger partial charge is 0.241 e. The molecule has 3 aromatic heterocycles. The molecular weight excluding hydrogens is 224 g/mol. The predicted octanol–water partition coefficient (Wildman–Crippen LogP) is 2.44. The minimum Gasteiger partial charge on any atom is -0.264 e. The third-order valence-electron chi connectivity index (χ3n) is 2.32. The molecule has 0 bridgehead atoms. The van der Waals surface area contributed by atoms with Crippen LogP contribution in [0.3, 0.4) is 0 Å². The second-order valence-electron chi connectivity index (χ2n) is 3.37. The first-order valence-electron chi connectivity index (χ1n) is 4.74. The van der Waals surface area contributed by atoms with Gasteiger partial charge in [-0.05, 0) is 23.7 Å². The number of aromatic nitrogens is 4. The van der Waals surface area contributed by atoms with Crippen LogP contribution in [-0.4, -0.2) is 19.6 Å². The molecule has 0 spiro atoms. The molecule has 0 atom stereocenters. The Labute approximate surface area is 96.5 Å². The van der Waals surface area contributed by atoms with Crippen molar-refractivity contribution in [1.82, 2.24) is 19.6 Å². The molecular formula is C11H7ClN4. The van der Waals surface area contributed by atoms with E-state index in [-0.39, 0.29) is 5.28 Å². The Morgan fingerprint density at radius 2 is 2.12 bits per heavy atom. The van der Waals surface area contributed by atoms with Crippen molar-refractivity contribution in [2.24, 2.45) is 0 Å². The number of halogens is 1. The summed E-state index contributed by atoms with van der Waals surface area (Å²) in [6.07, 6.45) is 7.15. The van der Waals surface area contributed by atoms with Crippen molar-refractivity contribution in [3.63, 3.8) is 0 Å². The molecule has 0 aliphatic rings. The number of fused-ring (bicyclic) bond motifs is 1. The summed E-state index contributed by atoms with van der Waals surface area (Å²) in [6, 6.07) is 5.89. The van der Waals surface area contributed by atoms with E-state index in [2.05, 4.69) is 15.1 Å². The van der Waals surface area contributed by atoms with Gasteiger partial charge in [0, 0.05) is 29.7 Å². The predicted molar refractivity (Wildman–Crippen MR) is 61.2 cm³/mol. The van der Waals surface area contributed by atoms with Gasteiger partial charge >= 0.3 is 0 Å². The van der Waals surface area contributed by atoms with Gasteiger partial charge in [0.25, 0.3) is 0 Å². The Balaban J connectivity index is 2.19. The lowest BCUT2D eigenvalue weighted by molar-refractivity contribution is 0.904. The van der Waals surface area contributed by atoms with Crippen LogP contribution in [0.25, 0.3) is 16.6 Å². The van der Waals surface area contributed by atoms with Gasteiger partial charge in [0.1, 0.15) is 0 Å². The summed E-state index contributed by atoms with van der Waals surface area (Å²) in [5.41, 5.74) is 3.00. The van der Waals surface area contributed by atoms with Crippen LogP contribution in [0.2, 0.25) is 5.28 Å². The lowest BCUT2D eigenvalue weighted by Crippen LogP contribution is -1.91. The van der Waals surface area contributed by atoms with Crippen LogP contribution in [0.4, 0.5) is 0 Å². The van der Waals surface area contributed by atoms with Crippen molar-refractivity contribution in [2.45, 2.75) is 0 Å². The van der Waals surface area contributed by atoms with Crippen LogP contribution in [0.1, 0.15) is 0 Å². The van der Waals surface area contributed by atoms with Crippen LogP contribution in [0.15, 0.2) is 43.0 Å². The minimum atomic E-state index is 0.237. The van der Waals surface area contributed by atoms with E-state index in [1.54, 1.807) is 16.9 Å². The largest absolute Gasteiger partial charge is 0.264 e. The summed E-state index contributed by atoms with van der Waals surface area (Å²) in [6.45, 7) is 0. The van der Waals surface area contributed by atoms with Crippen molar-refractivity contribution >= 4 is 17.1 Å². The summed E-state index contributed by atoms with van der Waals surface area (Å²) in [4.78, 5) is 8.01. The maximum atomic E-state index is 5.72. The fourth-order valence-electron chi connectivity index (χ4n) is 1.58. The number of nitrogens with zero attached hydrogens (tertiary/aromatic N) is 4. The number of pyridine rings is 1. The fraction of sp³-hybridized carbons (Fsp3) is 0. The zero-order chi connectivity index (χ0) is 11.0. The van der Waals surface area contributed by atoms with Crippen LogP contribution < -0.4 is 0 Å². The molecule has 0 saturated heterocycles. The van der Waals surface area contributed by atoms with Crippen LogP contribution in [0.5, 0.6) is 0 Å². The lowest BCUT2D eigenvalue weighted by atomic mass is 10.1. The van der Waals surface area contributed by atoms with Crippen molar-refractivity contribution in [3.05, 3.63) is 48.3 Å². The standard InChI is InChI=1S/C11H7ClN4/c12-11-14-6-10-4-9(7-16(10)15-11)8-2-1-3-13-5-8/h1-7H. The average Bonchev–Trinajstić information content (AvgIpc) is 2.73. The maximum Gasteiger partial charge on any atom is 0.241 e. The molecule has 0 radical (unpaired) electrons. The maximum absolute atomic E-state index is 5.72. The SMILES string of the molecule is Clc1ncc2cc(-c3cccnc3)cn2n1. The molecule has 0 aliphatic carbocycles. The summed E-state index contributed by atoms with van der Waals surface area (Å²) < 4.78 is 1.71. The number of rotatable bonds is 1. The Bertz CT molecular complexity index is 633. The Hall–Kier alpha value is -1.94. The molecule has 3 rings (SSSR count). The molecule has 0 saturated carbocycles. The molecule has 78 valence electrons. The van der Waals surface area contributed by atoms with Gasteiger partial charge < -0.3 is 0 Å². The molecule has 0 unspecified atom stereocenters. The Kier molecular flexibility index (Phi) is 2.08. The Morgan fingerprint density at radius 1 is 1.19 bits per heavy atom. The van der Waals surface area contributed by atoms with E-state index >= 15 is 0 Å². The van der Waals surface area contributed by atoms with E-state index < -0.39 is 0 Å². The van der Waals surface area contributed by atoms with Gasteiger partial charge in [0.15, 0.2) is 0 Å². The quantitative estimate of drug-likeness (QED) is 0.645. The molecule has 0 aliphatic heterocycles. The highest BCUT2D eigenvalue weighted by Gasteiger charge is 2.03. The third kappa shape index (κ3) is 1.53. The first-order chi connectivity index (χ1) is 7.83. The summed E-state index contributed by atoms with van der Waals surface area (Å²) in [5.74, 6) is 0. The normalized spacial score (nSPS) is 10.8. The van der Waals surface area contributed by atoms with E-state index in [1.165, 1.54) is 0 Å². The van der Waals surface area contributed by atoms with E-state index in [4.69, 9.17) is 11.6 Å². The van der Waals surface area contributed by atoms with Gasteiger partial charge in [-0.25, -0.2) is 9.50 Å². The number of hydrogen-bond acceptors (Lipinski definition) is 3. The van der Waals surface area contributed by atoms with Gasteiger partial charge in [0.2, 0.25) is 5.28 Å². The molecule has 0 amide bonds. The third-order valence-corrected chi connectivity index (χ3v) is 2.49. The summed E-state index contributed by atoms with van der Waals surface area (Å²) >= 11 is 5.72. The molecule has 0 aromatic carbocycles. The second-order valence-corrected chi connectivity index (χ2v) is 3.71. The van der Waals surface area contributed by atoms with E-state index in [1.807, 2.05) is 30.6 Å². The van der Waals surface area contributed by atoms with Crippen molar-refractivity contribution < 1.29 is 0 Å². The van der Waals surface area contributed by atoms with E-state index in [0.717, 1.165) is 16.6 Å². The van der Waals surface area contributed by atoms with Crippen molar-refractivity contribution in [1.29, 1.82) is 0 Å². The van der Waals surface area contributed by atoms with E-state index in [0.29, 0.717) is 0 Å². The second kappa shape index (κ2) is 3.57. The highest BCUT2D eigenvalue weighted by atomic mass is 35.5. The Morgan fingerprint density at radius 3 is 2.94 bits per heavy atom.